The van der Waals surface area contributed by atoms with Crippen molar-refractivity contribution in [2.75, 3.05) is 20.6 Å². The van der Waals surface area contributed by atoms with Gasteiger partial charge in [0, 0.05) is 30.2 Å². The molecule has 0 N–H and O–H groups in total. The molecule has 2 heteroatoms. The molecule has 0 aliphatic rings. The third-order valence-electron chi connectivity index (χ3n) is 3.03. The molecule has 1 heterocycles. The topological polar surface area (TPSA) is 8.17 Å². The summed E-state index contributed by atoms with van der Waals surface area (Å²) in [6.45, 7) is 5.78. The van der Waals surface area contributed by atoms with Gasteiger partial charge in [-0.15, -0.1) is 6.58 Å². The highest BCUT2D eigenvalue weighted by molar-refractivity contribution is 5.84. The van der Waals surface area contributed by atoms with Crippen molar-refractivity contribution in [2.45, 2.75) is 13.0 Å². The Bertz CT molecular complexity index is 509. The molecule has 2 rings (SSSR count). The van der Waals surface area contributed by atoms with E-state index in [1.807, 2.05) is 6.08 Å². The zero-order valence-corrected chi connectivity index (χ0v) is 10.7. The second-order valence-electron chi connectivity index (χ2n) is 4.67. The quantitative estimate of drug-likeness (QED) is 0.714. The lowest BCUT2D eigenvalue weighted by Gasteiger charge is -2.07. The molecule has 1 aromatic heterocycles. The number of para-hydroxylation sites is 1. The van der Waals surface area contributed by atoms with Gasteiger partial charge in [0.05, 0.1) is 0 Å². The summed E-state index contributed by atoms with van der Waals surface area (Å²) in [5.74, 6) is 0. The highest BCUT2D eigenvalue weighted by Gasteiger charge is 2.07. The molecule has 0 fully saturated rings. The third-order valence-corrected chi connectivity index (χ3v) is 3.03. The summed E-state index contributed by atoms with van der Waals surface area (Å²) in [5.41, 5.74) is 2.73. The number of hydrogen-bond donors (Lipinski definition) is 0. The lowest BCUT2D eigenvalue weighted by molar-refractivity contribution is 0.414. The first-order valence-corrected chi connectivity index (χ1v) is 6.04. The van der Waals surface area contributed by atoms with Gasteiger partial charge in [-0.05, 0) is 32.1 Å². The molecule has 0 radical (unpaired) electrons. The van der Waals surface area contributed by atoms with Crippen LogP contribution in [-0.2, 0) is 13.0 Å². The Hall–Kier alpha value is -1.54. The van der Waals surface area contributed by atoms with Crippen LogP contribution < -0.4 is 0 Å². The largest absolute Gasteiger partial charge is 0.343 e. The van der Waals surface area contributed by atoms with Crippen molar-refractivity contribution in [2.24, 2.45) is 0 Å². The van der Waals surface area contributed by atoms with Crippen LogP contribution in [0.3, 0.4) is 0 Å². The number of allylic oxidation sites excluding steroid dienone is 1. The summed E-state index contributed by atoms with van der Waals surface area (Å²) >= 11 is 0. The van der Waals surface area contributed by atoms with E-state index in [0.29, 0.717) is 0 Å². The average molecular weight is 228 g/mol. The maximum atomic E-state index is 3.82. The minimum atomic E-state index is 0.877. The van der Waals surface area contributed by atoms with Crippen molar-refractivity contribution in [1.29, 1.82) is 0 Å². The fourth-order valence-electron chi connectivity index (χ4n) is 2.16. The second-order valence-corrected chi connectivity index (χ2v) is 4.67. The van der Waals surface area contributed by atoms with Crippen LogP contribution in [0.15, 0.2) is 43.1 Å². The van der Waals surface area contributed by atoms with Gasteiger partial charge in [0.1, 0.15) is 0 Å². The first-order valence-electron chi connectivity index (χ1n) is 6.04. The molecule has 1 aromatic carbocycles. The standard InChI is InChI=1S/C15H20N2/c1-4-10-17-12-13(9-11-16(2)3)14-7-5-6-8-15(14)17/h4-8,12H,1,9-11H2,2-3H3. The molecule has 2 nitrogen and oxygen atoms in total. The number of rotatable bonds is 5. The molecule has 0 aliphatic heterocycles. The van der Waals surface area contributed by atoms with Gasteiger partial charge in [0.15, 0.2) is 0 Å². The summed E-state index contributed by atoms with van der Waals surface area (Å²) in [6.07, 6.45) is 5.30. The Labute approximate surface area is 103 Å². The monoisotopic (exact) mass is 228 g/mol. The minimum absolute atomic E-state index is 0.877. The highest BCUT2D eigenvalue weighted by Crippen LogP contribution is 2.21. The Morgan fingerprint density at radius 2 is 2.06 bits per heavy atom. The van der Waals surface area contributed by atoms with Gasteiger partial charge in [0.2, 0.25) is 0 Å². The van der Waals surface area contributed by atoms with Gasteiger partial charge in [-0.25, -0.2) is 0 Å². The third kappa shape index (κ3) is 2.59. The van der Waals surface area contributed by atoms with Gasteiger partial charge in [-0.3, -0.25) is 0 Å². The molecule has 0 amide bonds. The molecule has 2 aromatic rings. The van der Waals surface area contributed by atoms with Crippen molar-refractivity contribution >= 4 is 10.9 Å². The first-order chi connectivity index (χ1) is 8.22. The van der Waals surface area contributed by atoms with E-state index in [2.05, 4.69) is 60.6 Å². The lowest BCUT2D eigenvalue weighted by atomic mass is 10.1. The second kappa shape index (κ2) is 5.19. The smallest absolute Gasteiger partial charge is 0.0486 e. The summed E-state index contributed by atoms with van der Waals surface area (Å²) in [4.78, 5) is 2.22. The molecule has 0 saturated carbocycles. The van der Waals surface area contributed by atoms with Crippen LogP contribution in [0, 0.1) is 0 Å². The van der Waals surface area contributed by atoms with E-state index in [0.717, 1.165) is 19.5 Å². The number of nitrogens with zero attached hydrogens (tertiary/aromatic N) is 2. The Kier molecular flexibility index (Phi) is 3.64. The predicted octanol–water partition coefficient (Wildman–Crippen LogP) is 2.93. The molecule has 17 heavy (non-hydrogen) atoms. The molecule has 0 bridgehead atoms. The number of aromatic nitrogens is 1. The molecular formula is C15H20N2. The van der Waals surface area contributed by atoms with E-state index in [4.69, 9.17) is 0 Å². The van der Waals surface area contributed by atoms with Crippen LogP contribution >= 0.6 is 0 Å². The number of benzene rings is 1. The summed E-state index contributed by atoms with van der Waals surface area (Å²) < 4.78 is 2.27. The van der Waals surface area contributed by atoms with Gasteiger partial charge in [-0.1, -0.05) is 24.3 Å². The SMILES string of the molecule is C=CCn1cc(CCN(C)C)c2ccccc21. The van der Waals surface area contributed by atoms with E-state index in [9.17, 15) is 0 Å². The van der Waals surface area contributed by atoms with Crippen LogP contribution in [-0.4, -0.2) is 30.1 Å². The van der Waals surface area contributed by atoms with Crippen molar-refractivity contribution in [3.8, 4) is 0 Å². The minimum Gasteiger partial charge on any atom is -0.343 e. The molecule has 90 valence electrons. The predicted molar refractivity (Wildman–Crippen MR) is 74.4 cm³/mol. The van der Waals surface area contributed by atoms with E-state index < -0.39 is 0 Å². The highest BCUT2D eigenvalue weighted by atomic mass is 15.0. The van der Waals surface area contributed by atoms with Crippen molar-refractivity contribution in [3.05, 3.63) is 48.7 Å². The van der Waals surface area contributed by atoms with Gasteiger partial charge in [-0.2, -0.15) is 0 Å². The van der Waals surface area contributed by atoms with Crippen LogP contribution in [0.4, 0.5) is 0 Å². The fourth-order valence-corrected chi connectivity index (χ4v) is 2.16. The van der Waals surface area contributed by atoms with Crippen LogP contribution in [0.5, 0.6) is 0 Å². The maximum Gasteiger partial charge on any atom is 0.0486 e. The Morgan fingerprint density at radius 3 is 2.76 bits per heavy atom. The molecule has 0 aliphatic carbocycles. The molecule has 0 saturated heterocycles. The molecular weight excluding hydrogens is 208 g/mol. The van der Waals surface area contributed by atoms with Gasteiger partial charge < -0.3 is 9.47 Å². The van der Waals surface area contributed by atoms with Gasteiger partial charge in [0.25, 0.3) is 0 Å². The Morgan fingerprint density at radius 1 is 1.29 bits per heavy atom. The number of fused-ring (bicyclic) bond motifs is 1. The number of likely N-dealkylation sites (N-methyl/N-ethyl adjacent to an activating group) is 1. The first kappa shape index (κ1) is 11.9. The fraction of sp³-hybridized carbons (Fsp3) is 0.333. The Balaban J connectivity index is 2.37. The summed E-state index contributed by atoms with van der Waals surface area (Å²) in [7, 11) is 4.23. The zero-order chi connectivity index (χ0) is 12.3. The summed E-state index contributed by atoms with van der Waals surface area (Å²) in [5, 5.41) is 1.37. The van der Waals surface area contributed by atoms with E-state index in [1.54, 1.807) is 0 Å². The van der Waals surface area contributed by atoms with Gasteiger partial charge >= 0.3 is 0 Å². The van der Waals surface area contributed by atoms with E-state index in [-0.39, 0.29) is 0 Å². The van der Waals surface area contributed by atoms with E-state index >= 15 is 0 Å². The lowest BCUT2D eigenvalue weighted by Crippen LogP contribution is -2.14. The van der Waals surface area contributed by atoms with Crippen molar-refractivity contribution < 1.29 is 0 Å². The normalized spacial score (nSPS) is 11.2. The van der Waals surface area contributed by atoms with Crippen molar-refractivity contribution in [1.82, 2.24) is 9.47 Å². The van der Waals surface area contributed by atoms with Crippen LogP contribution in [0.2, 0.25) is 0 Å². The summed E-state index contributed by atoms with van der Waals surface area (Å²) in [6, 6.07) is 8.59. The van der Waals surface area contributed by atoms with E-state index in [1.165, 1.54) is 16.5 Å². The molecule has 0 spiro atoms. The van der Waals surface area contributed by atoms with Crippen molar-refractivity contribution in [3.63, 3.8) is 0 Å². The zero-order valence-electron chi connectivity index (χ0n) is 10.7. The number of hydrogen-bond acceptors (Lipinski definition) is 1. The van der Waals surface area contributed by atoms with Crippen LogP contribution in [0.1, 0.15) is 5.56 Å². The van der Waals surface area contributed by atoms with Crippen LogP contribution in [0.25, 0.3) is 10.9 Å². The molecule has 0 atom stereocenters. The maximum absolute atomic E-state index is 3.82. The average Bonchev–Trinajstić information content (AvgIpc) is 2.66. The molecule has 0 unspecified atom stereocenters.